The van der Waals surface area contributed by atoms with Gasteiger partial charge in [0.25, 0.3) is 0 Å². The molecule has 3 rings (SSSR count). The van der Waals surface area contributed by atoms with E-state index in [1.54, 1.807) is 24.3 Å². The van der Waals surface area contributed by atoms with Crippen LogP contribution in [0.5, 0.6) is 0 Å². The number of benzene rings is 2. The van der Waals surface area contributed by atoms with Gasteiger partial charge in [0, 0.05) is 12.1 Å². The van der Waals surface area contributed by atoms with E-state index in [1.165, 1.54) is 6.07 Å². The van der Waals surface area contributed by atoms with Gasteiger partial charge < -0.3 is 5.11 Å². The summed E-state index contributed by atoms with van der Waals surface area (Å²) in [5, 5.41) is 12.6. The van der Waals surface area contributed by atoms with Crippen molar-refractivity contribution in [2.75, 3.05) is 0 Å². The highest BCUT2D eigenvalue weighted by molar-refractivity contribution is 5.75. The Morgan fingerprint density at radius 1 is 1.22 bits per heavy atom. The maximum atomic E-state index is 13.9. The Balaban J connectivity index is 1.79. The zero-order valence-corrected chi connectivity index (χ0v) is 12.4. The van der Waals surface area contributed by atoms with Crippen LogP contribution in [-0.2, 0) is 17.6 Å². The van der Waals surface area contributed by atoms with Crippen LogP contribution in [0.4, 0.5) is 8.78 Å². The van der Waals surface area contributed by atoms with Gasteiger partial charge in [-0.25, -0.2) is 8.78 Å². The fraction of sp³-hybridized carbons (Fsp3) is 0.278. The summed E-state index contributed by atoms with van der Waals surface area (Å²) in [6.07, 6.45) is 1.54. The van der Waals surface area contributed by atoms with Crippen molar-refractivity contribution in [2.45, 2.75) is 31.3 Å². The predicted octanol–water partition coefficient (Wildman–Crippen LogP) is 3.24. The molecule has 1 aliphatic carbocycles. The summed E-state index contributed by atoms with van der Waals surface area (Å²) in [7, 11) is 0. The Bertz CT molecular complexity index is 718. The van der Waals surface area contributed by atoms with Crippen molar-refractivity contribution in [1.29, 1.82) is 0 Å². The van der Waals surface area contributed by atoms with Crippen LogP contribution in [0.25, 0.3) is 0 Å². The third kappa shape index (κ3) is 3.40. The molecule has 120 valence electrons. The van der Waals surface area contributed by atoms with Crippen molar-refractivity contribution < 1.29 is 18.7 Å². The molecule has 5 heteroatoms. The van der Waals surface area contributed by atoms with E-state index in [2.05, 4.69) is 5.32 Å². The molecule has 2 N–H and O–H groups in total. The molecule has 0 aliphatic heterocycles. The maximum Gasteiger partial charge on any atom is 0.325 e. The van der Waals surface area contributed by atoms with Gasteiger partial charge in [0.05, 0.1) is 0 Å². The molecule has 1 aliphatic rings. The Morgan fingerprint density at radius 2 is 1.96 bits per heavy atom. The molecule has 0 saturated carbocycles. The second-order valence-corrected chi connectivity index (χ2v) is 5.81. The fourth-order valence-corrected chi connectivity index (χ4v) is 3.12. The predicted molar refractivity (Wildman–Crippen MR) is 82.1 cm³/mol. The van der Waals surface area contributed by atoms with Gasteiger partial charge in [0.15, 0.2) is 0 Å². The number of aryl methyl sites for hydroxylation is 1. The van der Waals surface area contributed by atoms with Crippen molar-refractivity contribution >= 4 is 5.97 Å². The second-order valence-electron chi connectivity index (χ2n) is 5.81. The van der Waals surface area contributed by atoms with E-state index in [1.807, 2.05) is 6.07 Å². The van der Waals surface area contributed by atoms with Crippen LogP contribution < -0.4 is 5.32 Å². The van der Waals surface area contributed by atoms with Gasteiger partial charge in [-0.2, -0.15) is 0 Å². The van der Waals surface area contributed by atoms with Crippen molar-refractivity contribution in [3.63, 3.8) is 0 Å². The fourth-order valence-electron chi connectivity index (χ4n) is 3.12. The van der Waals surface area contributed by atoms with Crippen LogP contribution >= 0.6 is 0 Å². The molecule has 0 radical (unpaired) electrons. The number of aliphatic carboxylic acids is 1. The number of nitrogens with one attached hydrogen (secondary N) is 1. The van der Waals surface area contributed by atoms with Gasteiger partial charge >= 0.3 is 5.97 Å². The number of hydrogen-bond donors (Lipinski definition) is 2. The van der Waals surface area contributed by atoms with E-state index in [-0.39, 0.29) is 6.04 Å². The molecule has 0 saturated heterocycles. The second kappa shape index (κ2) is 6.46. The van der Waals surface area contributed by atoms with Crippen LogP contribution in [0.2, 0.25) is 0 Å². The maximum absolute atomic E-state index is 13.9. The van der Waals surface area contributed by atoms with Gasteiger partial charge in [0.2, 0.25) is 0 Å². The molecular weight excluding hydrogens is 300 g/mol. The van der Waals surface area contributed by atoms with Crippen LogP contribution in [-0.4, -0.2) is 17.1 Å². The van der Waals surface area contributed by atoms with Crippen LogP contribution in [0.15, 0.2) is 42.5 Å². The lowest BCUT2D eigenvalue weighted by molar-refractivity contribution is -0.139. The highest BCUT2D eigenvalue weighted by atomic mass is 19.1. The van der Waals surface area contributed by atoms with E-state index in [0.717, 1.165) is 6.07 Å². The molecule has 2 aromatic rings. The average molecular weight is 317 g/mol. The first-order valence-electron chi connectivity index (χ1n) is 7.55. The number of fused-ring (bicyclic) bond motifs is 1. The molecule has 0 aromatic heterocycles. The molecule has 0 amide bonds. The number of hydrogen-bond acceptors (Lipinski definition) is 2. The number of carboxylic acid groups (broad SMARTS) is 1. The molecule has 0 bridgehead atoms. The summed E-state index contributed by atoms with van der Waals surface area (Å²) in [6.45, 7) is 0. The third-order valence-electron chi connectivity index (χ3n) is 4.25. The first-order valence-corrected chi connectivity index (χ1v) is 7.55. The minimum Gasteiger partial charge on any atom is -0.480 e. The lowest BCUT2D eigenvalue weighted by Crippen LogP contribution is -2.40. The number of carbonyl (C=O) groups is 1. The van der Waals surface area contributed by atoms with E-state index >= 15 is 0 Å². The normalized spacial score (nSPS) is 18.3. The van der Waals surface area contributed by atoms with Crippen LogP contribution in [0.3, 0.4) is 0 Å². The minimum atomic E-state index is -0.971. The SMILES string of the molecule is O=C(O)[C@@H](NC1CCc2cc(F)cc(F)c2C1)c1ccccc1. The summed E-state index contributed by atoms with van der Waals surface area (Å²) < 4.78 is 27.2. The third-order valence-corrected chi connectivity index (χ3v) is 4.25. The van der Waals surface area contributed by atoms with Crippen molar-refractivity contribution in [3.05, 3.63) is 70.8 Å². The first kappa shape index (κ1) is 15.6. The molecule has 0 spiro atoms. The van der Waals surface area contributed by atoms with Crippen molar-refractivity contribution in [3.8, 4) is 0 Å². The lowest BCUT2D eigenvalue weighted by Gasteiger charge is -2.28. The van der Waals surface area contributed by atoms with Gasteiger partial charge in [-0.05, 0) is 42.0 Å². The summed E-state index contributed by atoms with van der Waals surface area (Å²) in [6, 6.07) is 10.1. The molecule has 2 atom stereocenters. The molecule has 2 aromatic carbocycles. The number of halogens is 2. The topological polar surface area (TPSA) is 49.3 Å². The highest BCUT2D eigenvalue weighted by Crippen LogP contribution is 2.27. The zero-order chi connectivity index (χ0) is 16.4. The summed E-state index contributed by atoms with van der Waals surface area (Å²) in [5.74, 6) is -2.10. The average Bonchev–Trinajstić information content (AvgIpc) is 2.53. The van der Waals surface area contributed by atoms with Gasteiger partial charge in [-0.1, -0.05) is 30.3 Å². The molecular formula is C18H17F2NO2. The molecule has 23 heavy (non-hydrogen) atoms. The van der Waals surface area contributed by atoms with E-state index < -0.39 is 23.6 Å². The van der Waals surface area contributed by atoms with E-state index in [0.29, 0.717) is 36.0 Å². The Kier molecular flexibility index (Phi) is 4.39. The van der Waals surface area contributed by atoms with Crippen molar-refractivity contribution in [2.24, 2.45) is 0 Å². The van der Waals surface area contributed by atoms with E-state index in [9.17, 15) is 18.7 Å². The molecule has 0 heterocycles. The molecule has 1 unspecified atom stereocenters. The van der Waals surface area contributed by atoms with Gasteiger partial charge in [0.1, 0.15) is 17.7 Å². The van der Waals surface area contributed by atoms with E-state index in [4.69, 9.17) is 0 Å². The summed E-state index contributed by atoms with van der Waals surface area (Å²) in [4.78, 5) is 11.5. The van der Waals surface area contributed by atoms with Gasteiger partial charge in [-0.3, -0.25) is 10.1 Å². The smallest absolute Gasteiger partial charge is 0.325 e. The first-order chi connectivity index (χ1) is 11.0. The minimum absolute atomic E-state index is 0.163. The van der Waals surface area contributed by atoms with Gasteiger partial charge in [-0.15, -0.1) is 0 Å². The number of carboxylic acids is 1. The Labute approximate surface area is 133 Å². The number of rotatable bonds is 4. The van der Waals surface area contributed by atoms with Crippen LogP contribution in [0.1, 0.15) is 29.2 Å². The monoisotopic (exact) mass is 317 g/mol. The molecule has 0 fully saturated rings. The summed E-state index contributed by atoms with van der Waals surface area (Å²) >= 11 is 0. The van der Waals surface area contributed by atoms with Crippen LogP contribution in [0, 0.1) is 11.6 Å². The zero-order valence-electron chi connectivity index (χ0n) is 12.4. The largest absolute Gasteiger partial charge is 0.480 e. The standard InChI is InChI=1S/C18H17F2NO2/c19-13-8-12-6-7-14(10-15(12)16(20)9-13)21-17(18(22)23)11-4-2-1-3-5-11/h1-5,8-9,14,17,21H,6-7,10H2,(H,22,23)/t14?,17-/m0/s1. The quantitative estimate of drug-likeness (QED) is 0.910. The summed E-state index contributed by atoms with van der Waals surface area (Å²) in [5.41, 5.74) is 1.81. The highest BCUT2D eigenvalue weighted by Gasteiger charge is 2.27. The van der Waals surface area contributed by atoms with Crippen molar-refractivity contribution in [1.82, 2.24) is 5.32 Å². The Hall–Kier alpha value is -2.27. The molecule has 3 nitrogen and oxygen atoms in total. The lowest BCUT2D eigenvalue weighted by atomic mass is 9.87. The Morgan fingerprint density at radius 3 is 2.65 bits per heavy atom.